The predicted molar refractivity (Wildman–Crippen MR) is 77.6 cm³/mol. The van der Waals surface area contributed by atoms with Crippen molar-refractivity contribution >= 4 is 8.32 Å². The van der Waals surface area contributed by atoms with E-state index in [1.54, 1.807) is 3.28 Å². The molecule has 0 aromatic rings. The zero-order chi connectivity index (χ0) is 13.9. The molecule has 0 aliphatic heterocycles. The summed E-state index contributed by atoms with van der Waals surface area (Å²) in [5.41, 5.74) is 0. The van der Waals surface area contributed by atoms with Crippen molar-refractivity contribution in [2.45, 2.75) is 39.4 Å². The van der Waals surface area contributed by atoms with Gasteiger partial charge in [-0.15, -0.1) is 0 Å². The SMILES string of the molecule is CCOC1=[C]([Zr][C]2=CC=CC2)CC=C1O[Si](C)(C)C. The minimum absolute atomic E-state index is 0.657. The van der Waals surface area contributed by atoms with Crippen LogP contribution in [0.5, 0.6) is 0 Å². The standard InChI is InChI=1S/C10H17O2Si.C5H5.Zr/c1-5-11-9-7-6-8-10(9)12-13(2,3)4;1-2-4-5-3-1;/h8H,5-6H2,1-4H3;1-3H,4H2;. The molecule has 0 aromatic heterocycles. The Morgan fingerprint density at radius 2 is 2.05 bits per heavy atom. The van der Waals surface area contributed by atoms with E-state index in [9.17, 15) is 0 Å². The van der Waals surface area contributed by atoms with Crippen molar-refractivity contribution in [3.63, 3.8) is 0 Å². The number of hydrogen-bond donors (Lipinski definition) is 0. The van der Waals surface area contributed by atoms with E-state index in [1.807, 2.05) is 0 Å². The molecule has 2 aliphatic carbocycles. The minimum atomic E-state index is -1.56. The Hall–Kier alpha value is -0.340. The third-order valence-corrected chi connectivity index (χ3v) is 7.11. The molecule has 4 heteroatoms. The van der Waals surface area contributed by atoms with E-state index in [2.05, 4.69) is 50.9 Å². The molecule has 0 unspecified atom stereocenters. The summed E-state index contributed by atoms with van der Waals surface area (Å²) in [6, 6.07) is 0. The fourth-order valence-electron chi connectivity index (χ4n) is 2.09. The molecule has 2 nitrogen and oxygen atoms in total. The van der Waals surface area contributed by atoms with Crippen LogP contribution in [0.2, 0.25) is 19.6 Å². The molecule has 0 heterocycles. The summed E-state index contributed by atoms with van der Waals surface area (Å²) in [6.45, 7) is 9.44. The summed E-state index contributed by atoms with van der Waals surface area (Å²) in [5, 5.41) is 0. The van der Waals surface area contributed by atoms with Gasteiger partial charge in [-0.2, -0.15) is 0 Å². The second kappa shape index (κ2) is 6.41. The van der Waals surface area contributed by atoms with E-state index in [0.717, 1.165) is 31.0 Å². The van der Waals surface area contributed by atoms with Crippen LogP contribution in [0.3, 0.4) is 0 Å². The summed E-state index contributed by atoms with van der Waals surface area (Å²) in [4.78, 5) is 0. The molecule has 2 aliphatic rings. The topological polar surface area (TPSA) is 18.5 Å². The van der Waals surface area contributed by atoms with Gasteiger partial charge in [-0.25, -0.2) is 0 Å². The van der Waals surface area contributed by atoms with Crippen LogP contribution in [0.4, 0.5) is 0 Å². The predicted octanol–water partition coefficient (Wildman–Crippen LogP) is 4.30. The third kappa shape index (κ3) is 4.32. The summed E-state index contributed by atoms with van der Waals surface area (Å²) >= 11 is -0.657. The molecule has 102 valence electrons. The van der Waals surface area contributed by atoms with Crippen LogP contribution in [0.15, 0.2) is 42.4 Å². The molecule has 0 saturated heterocycles. The van der Waals surface area contributed by atoms with Crippen molar-refractivity contribution in [2.24, 2.45) is 0 Å². The maximum atomic E-state index is 6.17. The van der Waals surface area contributed by atoms with Gasteiger partial charge < -0.3 is 0 Å². The summed E-state index contributed by atoms with van der Waals surface area (Å²) in [6.07, 6.45) is 11.1. The molecule has 19 heavy (non-hydrogen) atoms. The Balaban J connectivity index is 2.11. The number of ether oxygens (including phenoxy) is 1. The van der Waals surface area contributed by atoms with Crippen LogP contribution >= 0.6 is 0 Å². The van der Waals surface area contributed by atoms with Gasteiger partial charge in [-0.05, 0) is 0 Å². The van der Waals surface area contributed by atoms with Crippen LogP contribution < -0.4 is 0 Å². The molecule has 0 N–H and O–H groups in total. The monoisotopic (exact) mass is 352 g/mol. The first-order chi connectivity index (χ1) is 8.99. The molecule has 0 spiro atoms. The van der Waals surface area contributed by atoms with Gasteiger partial charge in [0.25, 0.3) is 0 Å². The van der Waals surface area contributed by atoms with Crippen molar-refractivity contribution in [1.29, 1.82) is 0 Å². The van der Waals surface area contributed by atoms with Crippen LogP contribution in [0.1, 0.15) is 19.8 Å². The van der Waals surface area contributed by atoms with E-state index in [0.29, 0.717) is 0 Å². The normalized spacial score (nSPS) is 18.5. The van der Waals surface area contributed by atoms with E-state index >= 15 is 0 Å². The zero-order valence-corrected chi connectivity index (χ0v) is 15.7. The van der Waals surface area contributed by atoms with Crippen LogP contribution in [-0.4, -0.2) is 14.9 Å². The Bertz CT molecular complexity index is 467. The van der Waals surface area contributed by atoms with Crippen LogP contribution in [0, 0.1) is 0 Å². The third-order valence-electron chi connectivity index (χ3n) is 2.78. The molecule has 0 radical (unpaired) electrons. The maximum absolute atomic E-state index is 6.17. The summed E-state index contributed by atoms with van der Waals surface area (Å²) in [7, 11) is -1.56. The fourth-order valence-corrected chi connectivity index (χ4v) is 6.12. The van der Waals surface area contributed by atoms with Crippen molar-refractivity contribution in [3.05, 3.63) is 42.4 Å². The van der Waals surface area contributed by atoms with Gasteiger partial charge in [0.15, 0.2) is 0 Å². The fraction of sp³-hybridized carbons (Fsp3) is 0.467. The molecular weight excluding hydrogens is 331 g/mol. The quantitative estimate of drug-likeness (QED) is 0.663. The van der Waals surface area contributed by atoms with Crippen molar-refractivity contribution in [1.82, 2.24) is 0 Å². The first-order valence-electron chi connectivity index (χ1n) is 6.88. The molecule has 0 saturated carbocycles. The van der Waals surface area contributed by atoms with Crippen molar-refractivity contribution in [3.8, 4) is 0 Å². The van der Waals surface area contributed by atoms with Gasteiger partial charge in [-0.1, -0.05) is 0 Å². The van der Waals surface area contributed by atoms with Gasteiger partial charge in [0, 0.05) is 0 Å². The van der Waals surface area contributed by atoms with Crippen molar-refractivity contribution in [2.75, 3.05) is 6.61 Å². The van der Waals surface area contributed by atoms with E-state index in [4.69, 9.17) is 9.16 Å². The second-order valence-corrected chi connectivity index (χ2v) is 13.8. The second-order valence-electron chi connectivity index (χ2n) is 5.68. The average molecular weight is 354 g/mol. The van der Waals surface area contributed by atoms with Gasteiger partial charge in [0.05, 0.1) is 0 Å². The zero-order valence-electron chi connectivity index (χ0n) is 12.2. The van der Waals surface area contributed by atoms with E-state index in [1.165, 1.54) is 3.28 Å². The number of rotatable bonds is 6. The van der Waals surface area contributed by atoms with Crippen molar-refractivity contribution < 1.29 is 32.4 Å². The average Bonchev–Trinajstić information content (AvgIpc) is 2.92. The van der Waals surface area contributed by atoms with Crippen LogP contribution in [0.25, 0.3) is 0 Å². The summed E-state index contributed by atoms with van der Waals surface area (Å²) < 4.78 is 15.2. The van der Waals surface area contributed by atoms with Gasteiger partial charge in [-0.3, -0.25) is 0 Å². The molecular formula is C15H22O2SiZr. The van der Waals surface area contributed by atoms with Gasteiger partial charge in [0.2, 0.25) is 0 Å². The number of hydrogen-bond acceptors (Lipinski definition) is 2. The molecule has 0 aromatic carbocycles. The molecule has 0 fully saturated rings. The molecule has 2 rings (SSSR count). The van der Waals surface area contributed by atoms with E-state index < -0.39 is 31.6 Å². The molecule has 0 amide bonds. The Morgan fingerprint density at radius 3 is 2.63 bits per heavy atom. The van der Waals surface area contributed by atoms with Gasteiger partial charge >= 0.3 is 129 Å². The Kier molecular flexibility index (Phi) is 5.08. The van der Waals surface area contributed by atoms with Gasteiger partial charge in [0.1, 0.15) is 0 Å². The first-order valence-corrected chi connectivity index (χ1v) is 12.7. The molecule has 0 atom stereocenters. The van der Waals surface area contributed by atoms with E-state index in [-0.39, 0.29) is 0 Å². The molecule has 0 bridgehead atoms. The summed E-state index contributed by atoms with van der Waals surface area (Å²) in [5.74, 6) is 2.09. The number of allylic oxidation sites excluding steroid dienone is 6. The Labute approximate surface area is 129 Å². The van der Waals surface area contributed by atoms with Crippen LogP contribution in [-0.2, 0) is 32.4 Å². The Morgan fingerprint density at radius 1 is 1.26 bits per heavy atom. The first kappa shape index (κ1) is 15.1.